The van der Waals surface area contributed by atoms with Gasteiger partial charge in [0, 0.05) is 12.1 Å². The standard InChI is InChI=1S/C22H22F2N2O7S/c23-22(24)33-16-11-9-15(10-12-16)20(28)25-19(27)14-32-21(29)18-8-4-5-13-26(18)34(30,31)17-6-2-1-3-7-17/h1-3,6-7,9-12,18,22H,4-5,8,13-14H2,(H,25,27,28). The summed E-state index contributed by atoms with van der Waals surface area (Å²) in [6, 6.07) is 11.2. The lowest BCUT2D eigenvalue weighted by Crippen LogP contribution is -2.49. The minimum atomic E-state index is -3.94. The Balaban J connectivity index is 1.57. The van der Waals surface area contributed by atoms with Gasteiger partial charge in [-0.05, 0) is 55.7 Å². The van der Waals surface area contributed by atoms with Crippen LogP contribution in [-0.2, 0) is 24.3 Å². The molecule has 0 aromatic heterocycles. The van der Waals surface area contributed by atoms with Crippen molar-refractivity contribution in [1.29, 1.82) is 0 Å². The molecule has 2 amide bonds. The molecule has 2 aromatic rings. The van der Waals surface area contributed by atoms with E-state index in [2.05, 4.69) is 4.74 Å². The first kappa shape index (κ1) is 25.2. The average Bonchev–Trinajstić information content (AvgIpc) is 2.83. The van der Waals surface area contributed by atoms with Crippen LogP contribution < -0.4 is 10.1 Å². The SMILES string of the molecule is O=C(COC(=O)C1CCCCN1S(=O)(=O)c1ccccc1)NC(=O)c1ccc(OC(F)F)cc1. The molecule has 0 bridgehead atoms. The second-order valence-electron chi connectivity index (χ2n) is 7.33. The first-order valence-electron chi connectivity index (χ1n) is 10.3. The Labute approximate surface area is 194 Å². The van der Waals surface area contributed by atoms with E-state index in [1.807, 2.05) is 5.32 Å². The summed E-state index contributed by atoms with van der Waals surface area (Å²) in [7, 11) is -3.94. The molecular weight excluding hydrogens is 474 g/mol. The highest BCUT2D eigenvalue weighted by atomic mass is 32.2. The maximum atomic E-state index is 13.0. The zero-order chi connectivity index (χ0) is 24.7. The van der Waals surface area contributed by atoms with Gasteiger partial charge in [0.05, 0.1) is 4.90 Å². The monoisotopic (exact) mass is 496 g/mol. The van der Waals surface area contributed by atoms with Gasteiger partial charge in [-0.25, -0.2) is 8.42 Å². The molecule has 1 aliphatic heterocycles. The molecule has 0 radical (unpaired) electrons. The number of alkyl halides is 2. The summed E-state index contributed by atoms with van der Waals surface area (Å²) < 4.78 is 60.6. The van der Waals surface area contributed by atoms with Crippen LogP contribution in [0.2, 0.25) is 0 Å². The second kappa shape index (κ2) is 11.2. The summed E-state index contributed by atoms with van der Waals surface area (Å²) in [6.45, 7) is -3.68. The summed E-state index contributed by atoms with van der Waals surface area (Å²) in [4.78, 5) is 36.8. The Morgan fingerprint density at radius 3 is 2.35 bits per heavy atom. The van der Waals surface area contributed by atoms with Crippen LogP contribution >= 0.6 is 0 Å². The van der Waals surface area contributed by atoms with Crippen molar-refractivity contribution in [3.05, 3.63) is 60.2 Å². The van der Waals surface area contributed by atoms with Crippen molar-refractivity contribution < 1.29 is 41.1 Å². The summed E-state index contributed by atoms with van der Waals surface area (Å²) in [5.41, 5.74) is -0.00583. The molecule has 182 valence electrons. The molecule has 2 aromatic carbocycles. The van der Waals surface area contributed by atoms with Crippen LogP contribution in [0.5, 0.6) is 5.75 Å². The highest BCUT2D eigenvalue weighted by Crippen LogP contribution is 2.26. The number of esters is 1. The quantitative estimate of drug-likeness (QED) is 0.557. The van der Waals surface area contributed by atoms with E-state index in [4.69, 9.17) is 4.74 Å². The number of hydrogen-bond donors (Lipinski definition) is 1. The predicted molar refractivity (Wildman–Crippen MR) is 114 cm³/mol. The fourth-order valence-electron chi connectivity index (χ4n) is 3.41. The molecule has 1 heterocycles. The van der Waals surface area contributed by atoms with Crippen molar-refractivity contribution in [2.45, 2.75) is 36.8 Å². The van der Waals surface area contributed by atoms with E-state index in [9.17, 15) is 31.6 Å². The Morgan fingerprint density at radius 2 is 1.71 bits per heavy atom. The van der Waals surface area contributed by atoms with Gasteiger partial charge >= 0.3 is 12.6 Å². The lowest BCUT2D eigenvalue weighted by atomic mass is 10.1. The van der Waals surface area contributed by atoms with E-state index in [0.717, 1.165) is 16.4 Å². The largest absolute Gasteiger partial charge is 0.454 e. The third-order valence-corrected chi connectivity index (χ3v) is 6.94. The van der Waals surface area contributed by atoms with E-state index < -0.39 is 47.1 Å². The number of imide groups is 1. The van der Waals surface area contributed by atoms with Gasteiger partial charge in [-0.15, -0.1) is 0 Å². The molecule has 34 heavy (non-hydrogen) atoms. The molecule has 12 heteroatoms. The Kier molecular flexibility index (Phi) is 8.29. The number of nitrogens with zero attached hydrogens (tertiary/aromatic N) is 1. The van der Waals surface area contributed by atoms with Crippen molar-refractivity contribution in [3.8, 4) is 5.75 Å². The molecule has 1 aliphatic rings. The summed E-state index contributed by atoms with van der Waals surface area (Å²) in [5, 5.41) is 2.01. The van der Waals surface area contributed by atoms with Gasteiger partial charge in [0.1, 0.15) is 11.8 Å². The maximum Gasteiger partial charge on any atom is 0.387 e. The number of carbonyl (C=O) groups is 3. The number of sulfonamides is 1. The molecule has 1 fully saturated rings. The van der Waals surface area contributed by atoms with Gasteiger partial charge in [-0.3, -0.25) is 19.7 Å². The van der Waals surface area contributed by atoms with Gasteiger partial charge in [-0.2, -0.15) is 13.1 Å². The number of ether oxygens (including phenoxy) is 2. The number of piperidine rings is 1. The highest BCUT2D eigenvalue weighted by Gasteiger charge is 2.38. The Morgan fingerprint density at radius 1 is 1.03 bits per heavy atom. The number of rotatable bonds is 8. The first-order chi connectivity index (χ1) is 16.2. The number of hydrogen-bond acceptors (Lipinski definition) is 7. The molecular formula is C22H22F2N2O7S. The number of carbonyl (C=O) groups excluding carboxylic acids is 3. The second-order valence-corrected chi connectivity index (χ2v) is 9.22. The third kappa shape index (κ3) is 6.35. The van der Waals surface area contributed by atoms with Crippen molar-refractivity contribution in [1.82, 2.24) is 9.62 Å². The highest BCUT2D eigenvalue weighted by molar-refractivity contribution is 7.89. The molecule has 3 rings (SSSR count). The van der Waals surface area contributed by atoms with Crippen LogP contribution in [0.3, 0.4) is 0 Å². The number of nitrogens with one attached hydrogen (secondary N) is 1. The summed E-state index contributed by atoms with van der Waals surface area (Å²) in [6.07, 6.45) is 1.42. The van der Waals surface area contributed by atoms with Crippen LogP contribution in [0, 0.1) is 0 Å². The van der Waals surface area contributed by atoms with Gasteiger partial charge in [-0.1, -0.05) is 18.2 Å². The number of benzene rings is 2. The van der Waals surface area contributed by atoms with Gasteiger partial charge in [0.25, 0.3) is 11.8 Å². The van der Waals surface area contributed by atoms with Crippen molar-refractivity contribution in [3.63, 3.8) is 0 Å². The van der Waals surface area contributed by atoms with Crippen LogP contribution in [0.4, 0.5) is 8.78 Å². The topological polar surface area (TPSA) is 119 Å². The van der Waals surface area contributed by atoms with Crippen LogP contribution in [-0.4, -0.2) is 56.3 Å². The van der Waals surface area contributed by atoms with Gasteiger partial charge in [0.15, 0.2) is 6.61 Å². The first-order valence-corrected chi connectivity index (χ1v) is 11.7. The lowest BCUT2D eigenvalue weighted by molar-refractivity contribution is -0.153. The fourth-order valence-corrected chi connectivity index (χ4v) is 5.08. The molecule has 0 spiro atoms. The zero-order valence-electron chi connectivity index (χ0n) is 17.9. The molecule has 0 saturated carbocycles. The van der Waals surface area contributed by atoms with Crippen molar-refractivity contribution in [2.75, 3.05) is 13.2 Å². The minimum absolute atomic E-state index is 0.00583. The summed E-state index contributed by atoms with van der Waals surface area (Å²) >= 11 is 0. The Hall–Kier alpha value is -3.38. The molecule has 1 N–H and O–H groups in total. The molecule has 1 saturated heterocycles. The molecule has 1 atom stereocenters. The van der Waals surface area contributed by atoms with Crippen molar-refractivity contribution >= 4 is 27.8 Å². The molecule has 9 nitrogen and oxygen atoms in total. The van der Waals surface area contributed by atoms with E-state index in [1.54, 1.807) is 18.2 Å². The van der Waals surface area contributed by atoms with E-state index >= 15 is 0 Å². The number of halogens is 2. The van der Waals surface area contributed by atoms with Gasteiger partial charge < -0.3 is 9.47 Å². The number of amides is 2. The smallest absolute Gasteiger partial charge is 0.387 e. The molecule has 0 aliphatic carbocycles. The van der Waals surface area contributed by atoms with E-state index in [0.29, 0.717) is 12.8 Å². The van der Waals surface area contributed by atoms with E-state index in [-0.39, 0.29) is 29.2 Å². The lowest BCUT2D eigenvalue weighted by Gasteiger charge is -2.32. The molecule has 1 unspecified atom stereocenters. The van der Waals surface area contributed by atoms with Gasteiger partial charge in [0.2, 0.25) is 10.0 Å². The average molecular weight is 496 g/mol. The normalized spacial score (nSPS) is 16.6. The Bertz CT molecular complexity index is 1130. The van der Waals surface area contributed by atoms with Crippen LogP contribution in [0.25, 0.3) is 0 Å². The minimum Gasteiger partial charge on any atom is -0.454 e. The predicted octanol–water partition coefficient (Wildman–Crippen LogP) is 2.33. The van der Waals surface area contributed by atoms with Crippen LogP contribution in [0.15, 0.2) is 59.5 Å². The summed E-state index contributed by atoms with van der Waals surface area (Å²) in [5.74, 6) is -2.82. The zero-order valence-corrected chi connectivity index (χ0v) is 18.7. The maximum absolute atomic E-state index is 13.0. The fraction of sp³-hybridized carbons (Fsp3) is 0.318. The van der Waals surface area contributed by atoms with Crippen LogP contribution in [0.1, 0.15) is 29.6 Å². The van der Waals surface area contributed by atoms with Crippen molar-refractivity contribution in [2.24, 2.45) is 0 Å². The van der Waals surface area contributed by atoms with E-state index in [1.165, 1.54) is 24.3 Å². The third-order valence-electron chi connectivity index (χ3n) is 5.02.